The van der Waals surface area contributed by atoms with Crippen molar-refractivity contribution in [1.82, 2.24) is 19.7 Å². The molecule has 0 bridgehead atoms. The number of hydrogen-bond acceptors (Lipinski definition) is 8. The number of aromatic nitrogens is 4. The number of ketones is 1. The highest BCUT2D eigenvalue weighted by Crippen LogP contribution is 2.29. The Labute approximate surface area is 181 Å². The summed E-state index contributed by atoms with van der Waals surface area (Å²) in [7, 11) is -3.94. The third-order valence-electron chi connectivity index (χ3n) is 5.72. The van der Waals surface area contributed by atoms with Crippen LogP contribution in [0.4, 0.5) is 5.82 Å². The first-order valence-corrected chi connectivity index (χ1v) is 11.9. The maximum Gasteiger partial charge on any atom is 0.333 e. The molecule has 2 aliphatic carbocycles. The van der Waals surface area contributed by atoms with Gasteiger partial charge in [0.2, 0.25) is 5.78 Å². The zero-order chi connectivity index (χ0) is 21.8. The summed E-state index contributed by atoms with van der Waals surface area (Å²) in [6.45, 7) is 0.0552. The Morgan fingerprint density at radius 2 is 2.19 bits per heavy atom. The lowest BCUT2D eigenvalue weighted by atomic mass is 10.0. The van der Waals surface area contributed by atoms with E-state index < -0.39 is 10.3 Å². The number of nitrogens with zero attached hydrogens (tertiary/aromatic N) is 4. The number of carbonyl (C=O) groups excluding carboxylic acids is 1. The summed E-state index contributed by atoms with van der Waals surface area (Å²) >= 11 is 0. The minimum atomic E-state index is -3.94. The SMILES string of the molecule is NS(=O)(=O)OCC1CCC(Nc2ncncc2C(=O)c2ccn(C3C=CCCC3)n2)C1. The normalized spacial score (nSPS) is 23.7. The van der Waals surface area contributed by atoms with Gasteiger partial charge in [-0.2, -0.15) is 13.5 Å². The third kappa shape index (κ3) is 5.54. The standard InChI is InChI=1S/C20H26N6O4S/c21-31(28,29)30-12-14-6-7-15(10-14)24-20-17(11-22-13-23-20)19(27)18-8-9-26(25-18)16-4-2-1-3-5-16/h2,4,8-9,11,13-16H,1,3,5-7,10,12H2,(H2,21,28,29)(H,22,23,24). The van der Waals surface area contributed by atoms with E-state index in [1.54, 1.807) is 6.07 Å². The zero-order valence-corrected chi connectivity index (χ0v) is 17.9. The van der Waals surface area contributed by atoms with E-state index in [2.05, 4.69) is 32.5 Å². The Morgan fingerprint density at radius 3 is 2.97 bits per heavy atom. The van der Waals surface area contributed by atoms with Crippen LogP contribution in [-0.2, 0) is 14.5 Å². The average Bonchev–Trinajstić information content (AvgIpc) is 3.42. The molecule has 0 radical (unpaired) electrons. The summed E-state index contributed by atoms with van der Waals surface area (Å²) in [4.78, 5) is 21.4. The quantitative estimate of drug-likeness (QED) is 0.463. The van der Waals surface area contributed by atoms with Gasteiger partial charge in [-0.1, -0.05) is 12.2 Å². The van der Waals surface area contributed by atoms with Gasteiger partial charge >= 0.3 is 10.3 Å². The van der Waals surface area contributed by atoms with Crippen molar-refractivity contribution in [1.29, 1.82) is 0 Å². The third-order valence-corrected chi connectivity index (χ3v) is 6.18. The van der Waals surface area contributed by atoms with Crippen LogP contribution in [0.3, 0.4) is 0 Å². The van der Waals surface area contributed by atoms with Crippen LogP contribution in [0.1, 0.15) is 60.6 Å². The van der Waals surface area contributed by atoms with E-state index in [-0.39, 0.29) is 30.4 Å². The number of allylic oxidation sites excluding steroid dienone is 2. The first-order valence-electron chi connectivity index (χ1n) is 10.4. The molecule has 1 fully saturated rings. The van der Waals surface area contributed by atoms with Gasteiger partial charge in [-0.05, 0) is 50.5 Å². The van der Waals surface area contributed by atoms with Crippen molar-refractivity contribution in [2.45, 2.75) is 50.6 Å². The predicted octanol–water partition coefficient (Wildman–Crippen LogP) is 1.99. The molecule has 4 rings (SSSR count). The van der Waals surface area contributed by atoms with Crippen LogP contribution in [0.15, 0.2) is 36.9 Å². The van der Waals surface area contributed by atoms with Crippen molar-refractivity contribution in [2.24, 2.45) is 11.1 Å². The van der Waals surface area contributed by atoms with E-state index in [1.165, 1.54) is 12.5 Å². The minimum absolute atomic E-state index is 0.0421. The van der Waals surface area contributed by atoms with Crippen molar-refractivity contribution in [3.63, 3.8) is 0 Å². The summed E-state index contributed by atoms with van der Waals surface area (Å²) in [6, 6.07) is 1.94. The van der Waals surface area contributed by atoms with Crippen LogP contribution in [0, 0.1) is 5.92 Å². The Hall–Kier alpha value is -2.63. The lowest BCUT2D eigenvalue weighted by Gasteiger charge is -2.17. The topological polar surface area (TPSA) is 142 Å². The first kappa shape index (κ1) is 21.6. The van der Waals surface area contributed by atoms with E-state index in [9.17, 15) is 13.2 Å². The van der Waals surface area contributed by atoms with Crippen molar-refractivity contribution in [2.75, 3.05) is 11.9 Å². The molecule has 166 valence electrons. The van der Waals surface area contributed by atoms with E-state index in [1.807, 2.05) is 10.9 Å². The van der Waals surface area contributed by atoms with Gasteiger partial charge in [0.1, 0.15) is 17.8 Å². The van der Waals surface area contributed by atoms with Crippen molar-refractivity contribution < 1.29 is 17.4 Å². The smallest absolute Gasteiger partial charge is 0.333 e. The molecule has 31 heavy (non-hydrogen) atoms. The zero-order valence-electron chi connectivity index (χ0n) is 17.1. The highest BCUT2D eigenvalue weighted by atomic mass is 32.2. The molecular weight excluding hydrogens is 420 g/mol. The van der Waals surface area contributed by atoms with Crippen LogP contribution in [0.5, 0.6) is 0 Å². The van der Waals surface area contributed by atoms with Crippen LogP contribution in [0.2, 0.25) is 0 Å². The van der Waals surface area contributed by atoms with Gasteiger partial charge in [0, 0.05) is 18.4 Å². The van der Waals surface area contributed by atoms with Gasteiger partial charge in [0.15, 0.2) is 0 Å². The van der Waals surface area contributed by atoms with Crippen molar-refractivity contribution in [3.05, 3.63) is 48.2 Å². The summed E-state index contributed by atoms with van der Waals surface area (Å²) in [5, 5.41) is 12.7. The number of rotatable bonds is 8. The molecule has 0 aliphatic heterocycles. The molecule has 11 heteroatoms. The average molecular weight is 447 g/mol. The second-order valence-corrected chi connectivity index (χ2v) is 9.24. The summed E-state index contributed by atoms with van der Waals surface area (Å²) < 4.78 is 28.5. The molecule has 2 aromatic rings. The molecule has 0 amide bonds. The highest BCUT2D eigenvalue weighted by Gasteiger charge is 2.28. The number of carbonyl (C=O) groups is 1. The molecule has 0 aromatic carbocycles. The second kappa shape index (κ2) is 9.25. The first-order chi connectivity index (χ1) is 14.9. The van der Waals surface area contributed by atoms with Crippen LogP contribution < -0.4 is 10.5 Å². The van der Waals surface area contributed by atoms with E-state index in [0.29, 0.717) is 23.5 Å². The van der Waals surface area contributed by atoms with Crippen LogP contribution in [0.25, 0.3) is 0 Å². The Bertz CT molecular complexity index is 1070. The lowest BCUT2D eigenvalue weighted by molar-refractivity contribution is 0.103. The molecule has 2 heterocycles. The largest absolute Gasteiger partial charge is 0.367 e. The predicted molar refractivity (Wildman–Crippen MR) is 114 cm³/mol. The number of anilines is 1. The number of nitrogens with one attached hydrogen (secondary N) is 1. The fourth-order valence-electron chi connectivity index (χ4n) is 4.15. The maximum absolute atomic E-state index is 13.1. The van der Waals surface area contributed by atoms with E-state index >= 15 is 0 Å². The van der Waals surface area contributed by atoms with Gasteiger partial charge in [-0.3, -0.25) is 13.7 Å². The summed E-state index contributed by atoms with van der Waals surface area (Å²) in [5.41, 5.74) is 0.707. The van der Waals surface area contributed by atoms with Gasteiger partial charge in [-0.25, -0.2) is 15.1 Å². The Kier molecular flexibility index (Phi) is 6.44. The van der Waals surface area contributed by atoms with Gasteiger partial charge in [0.05, 0.1) is 18.2 Å². The molecule has 2 aromatic heterocycles. The monoisotopic (exact) mass is 446 g/mol. The molecule has 1 saturated carbocycles. The maximum atomic E-state index is 13.1. The second-order valence-electron chi connectivity index (χ2n) is 8.02. The summed E-state index contributed by atoms with van der Waals surface area (Å²) in [5.74, 6) is 0.273. The number of hydrogen-bond donors (Lipinski definition) is 2. The van der Waals surface area contributed by atoms with E-state index in [0.717, 1.165) is 32.1 Å². The van der Waals surface area contributed by atoms with Crippen molar-refractivity contribution in [3.8, 4) is 0 Å². The fourth-order valence-corrected chi connectivity index (χ4v) is 4.53. The fraction of sp³-hybridized carbons (Fsp3) is 0.500. The molecule has 10 nitrogen and oxygen atoms in total. The Morgan fingerprint density at radius 1 is 1.32 bits per heavy atom. The van der Waals surface area contributed by atoms with Crippen LogP contribution in [-0.4, -0.2) is 46.6 Å². The lowest BCUT2D eigenvalue weighted by Crippen LogP contribution is -2.22. The van der Waals surface area contributed by atoms with Gasteiger partial charge < -0.3 is 5.32 Å². The molecule has 3 N–H and O–H groups in total. The molecule has 0 spiro atoms. The molecule has 0 saturated heterocycles. The molecule has 3 unspecified atom stereocenters. The van der Waals surface area contributed by atoms with Gasteiger partial charge in [-0.15, -0.1) is 0 Å². The van der Waals surface area contributed by atoms with Gasteiger partial charge in [0.25, 0.3) is 0 Å². The highest BCUT2D eigenvalue weighted by molar-refractivity contribution is 7.84. The summed E-state index contributed by atoms with van der Waals surface area (Å²) in [6.07, 6.45) is 14.5. The Balaban J connectivity index is 1.43. The molecule has 3 atom stereocenters. The minimum Gasteiger partial charge on any atom is -0.367 e. The van der Waals surface area contributed by atoms with Crippen LogP contribution >= 0.6 is 0 Å². The molecular formula is C20H26N6O4S. The number of nitrogens with two attached hydrogens (primary N) is 1. The van der Waals surface area contributed by atoms with Crippen molar-refractivity contribution >= 4 is 21.9 Å². The molecule has 2 aliphatic rings. The van der Waals surface area contributed by atoms with E-state index in [4.69, 9.17) is 9.32 Å².